The van der Waals surface area contributed by atoms with Crippen LogP contribution in [0.1, 0.15) is 25.3 Å². The van der Waals surface area contributed by atoms with Crippen LogP contribution in [0.5, 0.6) is 0 Å². The molecule has 0 aromatic heterocycles. The maximum absolute atomic E-state index is 12.8. The number of carbonyl (C=O) groups is 2. The molecule has 1 aliphatic rings. The number of hydrogen-bond acceptors (Lipinski definition) is 5. The maximum atomic E-state index is 12.8. The van der Waals surface area contributed by atoms with Gasteiger partial charge in [-0.1, -0.05) is 26.0 Å². The van der Waals surface area contributed by atoms with Gasteiger partial charge in [-0.25, -0.2) is 13.2 Å². The first-order chi connectivity index (χ1) is 12.2. The fourth-order valence-corrected chi connectivity index (χ4v) is 4.27. The highest BCUT2D eigenvalue weighted by molar-refractivity contribution is 7.89. The number of amides is 2. The number of rotatable bonds is 5. The summed E-state index contributed by atoms with van der Waals surface area (Å²) >= 11 is 0. The van der Waals surface area contributed by atoms with E-state index in [4.69, 9.17) is 0 Å². The van der Waals surface area contributed by atoms with Gasteiger partial charge in [0.15, 0.2) is 6.54 Å². The molecule has 0 radical (unpaired) electrons. The molecule has 0 spiro atoms. The van der Waals surface area contributed by atoms with Gasteiger partial charge in [-0.15, -0.1) is 0 Å². The molecule has 1 aromatic carbocycles. The summed E-state index contributed by atoms with van der Waals surface area (Å²) in [6.45, 7) is 5.87. The van der Waals surface area contributed by atoms with E-state index in [1.165, 1.54) is 11.4 Å². The van der Waals surface area contributed by atoms with E-state index in [-0.39, 0.29) is 11.4 Å². The first-order valence-electron chi connectivity index (χ1n) is 8.55. The number of sulfonamides is 1. The first kappa shape index (κ1) is 20.3. The van der Waals surface area contributed by atoms with Crippen molar-refractivity contribution in [3.8, 4) is 0 Å². The Morgan fingerprint density at radius 3 is 2.27 bits per heavy atom. The number of benzene rings is 1. The van der Waals surface area contributed by atoms with Crippen LogP contribution in [-0.4, -0.2) is 64.6 Å². The SMILES string of the molecule is COC(=O)NC(=O)C[NH+]1CCN(S(=O)(=O)c2ccc(C(C)C)cc2)CC1. The molecule has 2 amide bonds. The summed E-state index contributed by atoms with van der Waals surface area (Å²) in [6.07, 6.45) is -0.791. The number of imide groups is 1. The molecule has 26 heavy (non-hydrogen) atoms. The average Bonchev–Trinajstić information content (AvgIpc) is 2.62. The molecule has 1 aliphatic heterocycles. The van der Waals surface area contributed by atoms with Crippen molar-refractivity contribution in [1.82, 2.24) is 9.62 Å². The second kappa shape index (κ2) is 8.61. The Kier molecular flexibility index (Phi) is 6.74. The van der Waals surface area contributed by atoms with Gasteiger partial charge in [-0.2, -0.15) is 4.31 Å². The van der Waals surface area contributed by atoms with Crippen LogP contribution in [0.3, 0.4) is 0 Å². The van der Waals surface area contributed by atoms with Gasteiger partial charge in [0, 0.05) is 0 Å². The number of piperazine rings is 1. The van der Waals surface area contributed by atoms with Crippen LogP contribution >= 0.6 is 0 Å². The van der Waals surface area contributed by atoms with E-state index in [1.54, 1.807) is 12.1 Å². The van der Waals surface area contributed by atoms with Gasteiger partial charge in [0.2, 0.25) is 10.0 Å². The Morgan fingerprint density at radius 2 is 1.77 bits per heavy atom. The lowest BCUT2D eigenvalue weighted by atomic mass is 10.0. The molecule has 0 aliphatic carbocycles. The molecule has 9 heteroatoms. The third-order valence-electron chi connectivity index (χ3n) is 4.45. The molecule has 8 nitrogen and oxygen atoms in total. The largest absolute Gasteiger partial charge is 0.453 e. The lowest BCUT2D eigenvalue weighted by Gasteiger charge is -2.31. The van der Waals surface area contributed by atoms with E-state index in [9.17, 15) is 18.0 Å². The second-order valence-electron chi connectivity index (χ2n) is 6.59. The topological polar surface area (TPSA) is 97.2 Å². The molecule has 1 aromatic rings. The fraction of sp³-hybridized carbons (Fsp3) is 0.529. The minimum atomic E-state index is -3.53. The van der Waals surface area contributed by atoms with E-state index >= 15 is 0 Å². The van der Waals surface area contributed by atoms with Crippen LogP contribution in [0.2, 0.25) is 0 Å². The molecule has 0 saturated carbocycles. The van der Waals surface area contributed by atoms with Crippen molar-refractivity contribution in [2.75, 3.05) is 39.8 Å². The molecule has 0 unspecified atom stereocenters. The Morgan fingerprint density at radius 1 is 1.19 bits per heavy atom. The van der Waals surface area contributed by atoms with Crippen LogP contribution < -0.4 is 10.2 Å². The van der Waals surface area contributed by atoms with Crippen molar-refractivity contribution in [3.63, 3.8) is 0 Å². The molecule has 2 N–H and O–H groups in total. The normalized spacial score (nSPS) is 16.5. The summed E-state index contributed by atoms with van der Waals surface area (Å²) in [4.78, 5) is 23.9. The Balaban J connectivity index is 1.93. The number of hydrogen-bond donors (Lipinski definition) is 2. The molecule has 0 bridgehead atoms. The van der Waals surface area contributed by atoms with Gasteiger partial charge >= 0.3 is 6.09 Å². The molecule has 1 fully saturated rings. The van der Waals surface area contributed by atoms with Crippen molar-refractivity contribution in [1.29, 1.82) is 0 Å². The number of nitrogens with zero attached hydrogens (tertiary/aromatic N) is 1. The number of carbonyl (C=O) groups excluding carboxylic acids is 2. The van der Waals surface area contributed by atoms with Crippen LogP contribution in [0.15, 0.2) is 29.2 Å². The van der Waals surface area contributed by atoms with Gasteiger partial charge < -0.3 is 9.64 Å². The first-order valence-corrected chi connectivity index (χ1v) is 9.99. The quantitative estimate of drug-likeness (QED) is 0.719. The minimum Gasteiger partial charge on any atom is -0.453 e. The predicted molar refractivity (Wildman–Crippen MR) is 95.4 cm³/mol. The van der Waals surface area contributed by atoms with Crippen molar-refractivity contribution >= 4 is 22.0 Å². The lowest BCUT2D eigenvalue weighted by Crippen LogP contribution is -3.15. The van der Waals surface area contributed by atoms with Gasteiger partial charge in [0.1, 0.15) is 0 Å². The van der Waals surface area contributed by atoms with Crippen LogP contribution in [0.4, 0.5) is 4.79 Å². The lowest BCUT2D eigenvalue weighted by molar-refractivity contribution is -0.895. The van der Waals surface area contributed by atoms with Gasteiger partial charge in [0.25, 0.3) is 5.91 Å². The van der Waals surface area contributed by atoms with Crippen molar-refractivity contribution in [2.24, 2.45) is 0 Å². The summed E-state index contributed by atoms with van der Waals surface area (Å²) in [5, 5.41) is 2.11. The van der Waals surface area contributed by atoms with Gasteiger partial charge in [-0.05, 0) is 23.6 Å². The van der Waals surface area contributed by atoms with Crippen LogP contribution in [-0.2, 0) is 19.6 Å². The minimum absolute atomic E-state index is 0.103. The van der Waals surface area contributed by atoms with Crippen molar-refractivity contribution < 1.29 is 27.6 Å². The zero-order valence-electron chi connectivity index (χ0n) is 15.3. The number of methoxy groups -OCH3 is 1. The summed E-state index contributed by atoms with van der Waals surface area (Å²) in [6, 6.07) is 6.98. The average molecular weight is 384 g/mol. The summed E-state index contributed by atoms with van der Waals surface area (Å²) in [5.74, 6) is -0.0949. The van der Waals surface area contributed by atoms with E-state index in [2.05, 4.69) is 23.9 Å². The molecule has 1 saturated heterocycles. The molecule has 0 atom stereocenters. The van der Waals surface area contributed by atoms with Gasteiger partial charge in [-0.3, -0.25) is 10.1 Å². The van der Waals surface area contributed by atoms with E-state index in [1.807, 2.05) is 12.1 Å². The Bertz CT molecular complexity index is 738. The summed E-state index contributed by atoms with van der Waals surface area (Å²) in [7, 11) is -2.35. The van der Waals surface area contributed by atoms with Crippen molar-refractivity contribution in [2.45, 2.75) is 24.7 Å². The van der Waals surface area contributed by atoms with E-state index in [0.717, 1.165) is 10.5 Å². The highest BCUT2D eigenvalue weighted by Gasteiger charge is 2.31. The highest BCUT2D eigenvalue weighted by atomic mass is 32.2. The van der Waals surface area contributed by atoms with Crippen molar-refractivity contribution in [3.05, 3.63) is 29.8 Å². The molecular formula is C17H26N3O5S+. The van der Waals surface area contributed by atoms with E-state index < -0.39 is 22.0 Å². The van der Waals surface area contributed by atoms with Crippen LogP contribution in [0.25, 0.3) is 0 Å². The van der Waals surface area contributed by atoms with Crippen LogP contribution in [0, 0.1) is 0 Å². The Labute approximate surface area is 154 Å². The third kappa shape index (κ3) is 5.03. The monoisotopic (exact) mass is 384 g/mol. The standard InChI is InChI=1S/C17H25N3O5S/c1-13(2)14-4-6-15(7-5-14)26(23,24)20-10-8-19(9-11-20)12-16(21)18-17(22)25-3/h4-7,13H,8-12H2,1-3H3,(H,18,21,22)/p+1. The smallest absolute Gasteiger partial charge is 0.413 e. The fourth-order valence-electron chi connectivity index (χ4n) is 2.83. The second-order valence-corrected chi connectivity index (χ2v) is 8.53. The third-order valence-corrected chi connectivity index (χ3v) is 6.36. The molecule has 1 heterocycles. The zero-order valence-corrected chi connectivity index (χ0v) is 16.1. The Hall–Kier alpha value is -1.97. The van der Waals surface area contributed by atoms with Gasteiger partial charge in [0.05, 0.1) is 38.2 Å². The predicted octanol–water partition coefficient (Wildman–Crippen LogP) is -0.418. The molecule has 144 valence electrons. The summed E-state index contributed by atoms with van der Waals surface area (Å²) in [5.41, 5.74) is 1.09. The number of nitrogens with one attached hydrogen (secondary N) is 2. The highest BCUT2D eigenvalue weighted by Crippen LogP contribution is 2.20. The molecular weight excluding hydrogens is 358 g/mol. The number of ether oxygens (including phenoxy) is 1. The molecule has 2 rings (SSSR count). The maximum Gasteiger partial charge on any atom is 0.413 e. The number of alkyl carbamates (subject to hydrolysis) is 1. The van der Waals surface area contributed by atoms with E-state index in [0.29, 0.717) is 32.1 Å². The zero-order chi connectivity index (χ0) is 19.3. The number of quaternary nitrogens is 1. The summed E-state index contributed by atoms with van der Waals surface area (Å²) < 4.78 is 31.3.